The highest BCUT2D eigenvalue weighted by Crippen LogP contribution is 2.17. The van der Waals surface area contributed by atoms with Gasteiger partial charge in [0.25, 0.3) is 5.91 Å². The van der Waals surface area contributed by atoms with Crippen molar-refractivity contribution in [2.24, 2.45) is 0 Å². The molecule has 1 N–H and O–H groups in total. The molecule has 0 heterocycles. The normalized spacial score (nSPS) is 12.5. The number of carbonyl (C=O) groups excluding carboxylic acids is 1. The average molecular weight is 395 g/mol. The molecule has 0 aliphatic heterocycles. The molecular weight excluding hydrogens is 375 g/mol. The van der Waals surface area contributed by atoms with Gasteiger partial charge in [-0.3, -0.25) is 4.79 Å². The van der Waals surface area contributed by atoms with Crippen LogP contribution in [0, 0.1) is 3.57 Å². The summed E-state index contributed by atoms with van der Waals surface area (Å²) in [5.41, 5.74) is 0.638. The lowest BCUT2D eigenvalue weighted by molar-refractivity contribution is 0.0929. The molecule has 0 aromatic heterocycles. The predicted octanol–water partition coefficient (Wildman–Crippen LogP) is 3.40. The fraction of sp³-hybridized carbons (Fsp3) is 0.500. The molecule has 0 saturated heterocycles. The van der Waals surface area contributed by atoms with E-state index in [0.717, 1.165) is 23.2 Å². The Morgan fingerprint density at radius 2 is 2.05 bits per heavy atom. The van der Waals surface area contributed by atoms with E-state index in [2.05, 4.69) is 46.7 Å². The second-order valence-corrected chi connectivity index (χ2v) is 6.08. The van der Waals surface area contributed by atoms with E-state index in [9.17, 15) is 4.79 Å². The van der Waals surface area contributed by atoms with Crippen LogP contribution in [-0.2, 0) is 0 Å². The maximum absolute atomic E-state index is 12.2. The summed E-state index contributed by atoms with van der Waals surface area (Å²) in [5, 5.41) is 3.60. The van der Waals surface area contributed by atoms with Gasteiger partial charge in [-0.1, -0.05) is 25.4 Å². The van der Waals surface area contributed by atoms with Crippen molar-refractivity contribution >= 4 is 40.1 Å². The molecule has 0 fully saturated rings. The van der Waals surface area contributed by atoms with E-state index in [1.807, 2.05) is 13.0 Å². The average Bonchev–Trinajstić information content (AvgIpc) is 2.38. The van der Waals surface area contributed by atoms with Crippen LogP contribution in [0.4, 0.5) is 0 Å². The maximum atomic E-state index is 12.2. The fourth-order valence-corrected chi connectivity index (χ4v) is 2.64. The van der Waals surface area contributed by atoms with Crippen LogP contribution in [0.3, 0.4) is 0 Å². The van der Waals surface area contributed by atoms with Gasteiger partial charge in [0.15, 0.2) is 0 Å². The van der Waals surface area contributed by atoms with Crippen molar-refractivity contribution < 1.29 is 4.79 Å². The zero-order valence-electron chi connectivity index (χ0n) is 11.5. The van der Waals surface area contributed by atoms with Crippen LogP contribution >= 0.6 is 34.2 Å². The first-order valence-electron chi connectivity index (χ1n) is 6.46. The molecule has 0 saturated carbocycles. The number of hydrogen-bond acceptors (Lipinski definition) is 2. The van der Waals surface area contributed by atoms with Crippen LogP contribution in [0.1, 0.15) is 31.1 Å². The number of benzene rings is 1. The van der Waals surface area contributed by atoms with E-state index < -0.39 is 0 Å². The Balaban J connectivity index is 2.66. The third-order valence-corrected chi connectivity index (χ3v) is 4.15. The Bertz CT molecular complexity index is 435. The zero-order valence-corrected chi connectivity index (χ0v) is 14.5. The van der Waals surface area contributed by atoms with Crippen LogP contribution in [-0.4, -0.2) is 36.5 Å². The molecule has 0 radical (unpaired) electrons. The van der Waals surface area contributed by atoms with Crippen molar-refractivity contribution in [3.05, 3.63) is 32.4 Å². The molecule has 0 aliphatic rings. The summed E-state index contributed by atoms with van der Waals surface area (Å²) < 4.78 is 0.912. The smallest absolute Gasteiger partial charge is 0.252 e. The SMILES string of the molecule is CCN(CC)CC(C)NC(=O)c1cc(Cl)ccc1I. The molecule has 1 aromatic rings. The molecule has 3 nitrogen and oxygen atoms in total. The van der Waals surface area contributed by atoms with Gasteiger partial charge in [0, 0.05) is 21.2 Å². The number of nitrogens with zero attached hydrogens (tertiary/aromatic N) is 1. The molecule has 1 rings (SSSR count). The van der Waals surface area contributed by atoms with Crippen molar-refractivity contribution in [1.82, 2.24) is 10.2 Å². The summed E-state index contributed by atoms with van der Waals surface area (Å²) in [4.78, 5) is 14.5. The van der Waals surface area contributed by atoms with Crippen LogP contribution in [0.2, 0.25) is 5.02 Å². The molecule has 1 amide bonds. The van der Waals surface area contributed by atoms with Gasteiger partial charge in [-0.05, 0) is 60.8 Å². The van der Waals surface area contributed by atoms with Gasteiger partial charge in [-0.15, -0.1) is 0 Å². The van der Waals surface area contributed by atoms with E-state index in [-0.39, 0.29) is 11.9 Å². The number of carbonyl (C=O) groups is 1. The quantitative estimate of drug-likeness (QED) is 0.750. The van der Waals surface area contributed by atoms with Gasteiger partial charge >= 0.3 is 0 Å². The Morgan fingerprint density at radius 1 is 1.42 bits per heavy atom. The minimum absolute atomic E-state index is 0.0634. The van der Waals surface area contributed by atoms with Gasteiger partial charge in [0.05, 0.1) is 5.56 Å². The molecule has 1 unspecified atom stereocenters. The van der Waals surface area contributed by atoms with E-state index in [1.165, 1.54) is 0 Å². The highest BCUT2D eigenvalue weighted by atomic mass is 127. The number of rotatable bonds is 6. The number of nitrogens with one attached hydrogen (secondary N) is 1. The molecule has 19 heavy (non-hydrogen) atoms. The van der Waals surface area contributed by atoms with Crippen LogP contribution in [0.15, 0.2) is 18.2 Å². The highest BCUT2D eigenvalue weighted by molar-refractivity contribution is 14.1. The Kier molecular flexibility index (Phi) is 7.10. The Morgan fingerprint density at radius 3 is 2.63 bits per heavy atom. The molecule has 0 bridgehead atoms. The third-order valence-electron chi connectivity index (χ3n) is 2.98. The number of likely N-dealkylation sites (N-methyl/N-ethyl adjacent to an activating group) is 1. The van der Waals surface area contributed by atoms with E-state index in [4.69, 9.17) is 11.6 Å². The number of hydrogen-bond donors (Lipinski definition) is 1. The standard InChI is InChI=1S/C14H20ClIN2O/c1-4-18(5-2)9-10(3)17-14(19)12-8-11(15)6-7-13(12)16/h6-8,10H,4-5,9H2,1-3H3,(H,17,19). The lowest BCUT2D eigenvalue weighted by Gasteiger charge is -2.23. The summed E-state index contributed by atoms with van der Waals surface area (Å²) in [6.45, 7) is 9.11. The maximum Gasteiger partial charge on any atom is 0.252 e. The number of halogens is 2. The van der Waals surface area contributed by atoms with Crippen molar-refractivity contribution in [3.63, 3.8) is 0 Å². The summed E-state index contributed by atoms with van der Waals surface area (Å²) in [6, 6.07) is 5.47. The minimum atomic E-state index is -0.0634. The van der Waals surface area contributed by atoms with Gasteiger partial charge in [0.1, 0.15) is 0 Å². The predicted molar refractivity (Wildman–Crippen MR) is 88.9 cm³/mol. The minimum Gasteiger partial charge on any atom is -0.348 e. The molecule has 0 aliphatic carbocycles. The highest BCUT2D eigenvalue weighted by Gasteiger charge is 2.14. The summed E-state index contributed by atoms with van der Waals surface area (Å²) in [7, 11) is 0. The van der Waals surface area contributed by atoms with Crippen molar-refractivity contribution in [2.45, 2.75) is 26.8 Å². The Labute approximate surface area is 133 Å². The molecule has 1 aromatic carbocycles. The molecular formula is C14H20ClIN2O. The van der Waals surface area contributed by atoms with E-state index >= 15 is 0 Å². The Hall–Kier alpha value is -0.330. The van der Waals surface area contributed by atoms with Crippen LogP contribution in [0.25, 0.3) is 0 Å². The fourth-order valence-electron chi connectivity index (χ4n) is 1.89. The van der Waals surface area contributed by atoms with Crippen molar-refractivity contribution in [2.75, 3.05) is 19.6 Å². The van der Waals surface area contributed by atoms with E-state index in [1.54, 1.807) is 12.1 Å². The van der Waals surface area contributed by atoms with Gasteiger partial charge in [-0.25, -0.2) is 0 Å². The molecule has 0 spiro atoms. The molecule has 106 valence electrons. The van der Waals surface area contributed by atoms with Gasteiger partial charge in [-0.2, -0.15) is 0 Å². The van der Waals surface area contributed by atoms with Crippen LogP contribution in [0.5, 0.6) is 0 Å². The second-order valence-electron chi connectivity index (χ2n) is 4.48. The van der Waals surface area contributed by atoms with E-state index in [0.29, 0.717) is 10.6 Å². The molecule has 1 atom stereocenters. The first-order valence-corrected chi connectivity index (χ1v) is 7.91. The van der Waals surface area contributed by atoms with Crippen molar-refractivity contribution in [1.29, 1.82) is 0 Å². The second kappa shape index (κ2) is 8.07. The monoisotopic (exact) mass is 394 g/mol. The topological polar surface area (TPSA) is 32.3 Å². The largest absolute Gasteiger partial charge is 0.348 e. The number of amides is 1. The van der Waals surface area contributed by atoms with Crippen LogP contribution < -0.4 is 5.32 Å². The zero-order chi connectivity index (χ0) is 14.4. The first-order chi connectivity index (χ1) is 8.97. The summed E-state index contributed by atoms with van der Waals surface area (Å²) in [5.74, 6) is -0.0634. The van der Waals surface area contributed by atoms with Gasteiger partial charge < -0.3 is 10.2 Å². The summed E-state index contributed by atoms with van der Waals surface area (Å²) >= 11 is 8.08. The lowest BCUT2D eigenvalue weighted by atomic mass is 10.2. The summed E-state index contributed by atoms with van der Waals surface area (Å²) in [6.07, 6.45) is 0. The van der Waals surface area contributed by atoms with Gasteiger partial charge in [0.2, 0.25) is 0 Å². The molecule has 5 heteroatoms. The lowest BCUT2D eigenvalue weighted by Crippen LogP contribution is -2.42. The van der Waals surface area contributed by atoms with Crippen molar-refractivity contribution in [3.8, 4) is 0 Å². The third kappa shape index (κ3) is 5.28. The first kappa shape index (κ1) is 16.7.